The van der Waals surface area contributed by atoms with E-state index in [1.807, 2.05) is 6.07 Å². The number of nitrogens with one attached hydrogen (secondary N) is 2. The monoisotopic (exact) mass is 387 g/mol. The Hall–Kier alpha value is -3.16. The van der Waals surface area contributed by atoms with Crippen molar-refractivity contribution in [2.24, 2.45) is 0 Å². The summed E-state index contributed by atoms with van der Waals surface area (Å²) in [6, 6.07) is 8.02. The second-order valence-electron chi connectivity index (χ2n) is 6.70. The number of amides is 3. The molecule has 8 heteroatoms. The van der Waals surface area contributed by atoms with Crippen molar-refractivity contribution < 1.29 is 23.9 Å². The smallest absolute Gasteiger partial charge is 0.308 e. The van der Waals surface area contributed by atoms with Crippen LogP contribution in [0.5, 0.6) is 0 Å². The van der Waals surface area contributed by atoms with Gasteiger partial charge in [-0.25, -0.2) is 0 Å². The van der Waals surface area contributed by atoms with Crippen LogP contribution in [0.4, 0.5) is 0 Å². The Balaban J connectivity index is 2.28. The molecule has 150 valence electrons. The Bertz CT molecular complexity index is 773. The lowest BCUT2D eigenvalue weighted by molar-refractivity contribution is -0.153. The van der Waals surface area contributed by atoms with Gasteiger partial charge < -0.3 is 20.3 Å². The highest BCUT2D eigenvalue weighted by Gasteiger charge is 2.36. The molecule has 1 aromatic carbocycles. The molecule has 1 saturated heterocycles. The third kappa shape index (κ3) is 5.94. The minimum Gasteiger partial charge on any atom is -0.463 e. The van der Waals surface area contributed by atoms with E-state index in [4.69, 9.17) is 4.74 Å². The van der Waals surface area contributed by atoms with Gasteiger partial charge >= 0.3 is 5.97 Å². The number of hydrogen-bond acceptors (Lipinski definition) is 5. The summed E-state index contributed by atoms with van der Waals surface area (Å²) in [5, 5.41) is 5.19. The standard InChI is InChI=1S/C20H25N3O5/c1-13(2)28-18(25)12-17-19(26)21-9-10-23(17)20(27)16(22-14(3)24)11-15-7-5-4-6-8-15/h4-8,11,13,17H,9-10,12H2,1-3H3,(H,21,26)(H,22,24)/b16-11+. The molecular formula is C20H25N3O5. The van der Waals surface area contributed by atoms with Crippen LogP contribution in [0.2, 0.25) is 0 Å². The largest absolute Gasteiger partial charge is 0.463 e. The quantitative estimate of drug-likeness (QED) is 0.556. The predicted octanol–water partition coefficient (Wildman–Crippen LogP) is 0.832. The van der Waals surface area contributed by atoms with Crippen molar-refractivity contribution in [2.75, 3.05) is 13.1 Å². The van der Waals surface area contributed by atoms with Gasteiger partial charge in [-0.3, -0.25) is 19.2 Å². The van der Waals surface area contributed by atoms with Crippen molar-refractivity contribution in [1.29, 1.82) is 0 Å². The number of nitrogens with zero attached hydrogens (tertiary/aromatic N) is 1. The molecule has 0 radical (unpaired) electrons. The molecule has 1 fully saturated rings. The summed E-state index contributed by atoms with van der Waals surface area (Å²) in [4.78, 5) is 50.4. The van der Waals surface area contributed by atoms with Gasteiger partial charge in [-0.05, 0) is 25.5 Å². The van der Waals surface area contributed by atoms with Gasteiger partial charge in [-0.15, -0.1) is 0 Å². The molecule has 1 aromatic rings. The van der Waals surface area contributed by atoms with Crippen molar-refractivity contribution >= 4 is 29.8 Å². The molecule has 8 nitrogen and oxygen atoms in total. The summed E-state index contributed by atoms with van der Waals surface area (Å²) in [5.74, 6) is -1.94. The fraction of sp³-hybridized carbons (Fsp3) is 0.400. The van der Waals surface area contributed by atoms with Crippen LogP contribution in [-0.2, 0) is 23.9 Å². The summed E-state index contributed by atoms with van der Waals surface area (Å²) in [7, 11) is 0. The molecule has 2 N–H and O–H groups in total. The molecule has 0 aliphatic carbocycles. The Labute approximate surface area is 163 Å². The lowest BCUT2D eigenvalue weighted by Gasteiger charge is -2.35. The molecule has 0 spiro atoms. The number of benzene rings is 1. The van der Waals surface area contributed by atoms with Gasteiger partial charge in [0.1, 0.15) is 11.7 Å². The number of piperazine rings is 1. The van der Waals surface area contributed by atoms with Gasteiger partial charge in [0, 0.05) is 20.0 Å². The first kappa shape index (κ1) is 21.1. The zero-order valence-electron chi connectivity index (χ0n) is 16.2. The van der Waals surface area contributed by atoms with Gasteiger partial charge in [0.05, 0.1) is 12.5 Å². The molecule has 2 rings (SSSR count). The lowest BCUT2D eigenvalue weighted by atomic mass is 10.1. The molecular weight excluding hydrogens is 362 g/mol. The van der Waals surface area contributed by atoms with Gasteiger partial charge in [-0.1, -0.05) is 30.3 Å². The van der Waals surface area contributed by atoms with Crippen molar-refractivity contribution in [2.45, 2.75) is 39.3 Å². The maximum atomic E-state index is 13.1. The molecule has 1 aliphatic heterocycles. The highest BCUT2D eigenvalue weighted by molar-refractivity contribution is 6.03. The number of hydrogen-bond donors (Lipinski definition) is 2. The molecule has 1 unspecified atom stereocenters. The van der Waals surface area contributed by atoms with Gasteiger partial charge in [0.2, 0.25) is 11.8 Å². The average Bonchev–Trinajstić information content (AvgIpc) is 2.62. The van der Waals surface area contributed by atoms with Crippen LogP contribution in [0.15, 0.2) is 36.0 Å². The minimum atomic E-state index is -1.000. The van der Waals surface area contributed by atoms with Gasteiger partial charge in [0.15, 0.2) is 0 Å². The Morgan fingerprint density at radius 3 is 2.57 bits per heavy atom. The van der Waals surface area contributed by atoms with E-state index in [0.29, 0.717) is 0 Å². The zero-order valence-corrected chi connectivity index (χ0v) is 16.2. The van der Waals surface area contributed by atoms with Gasteiger partial charge in [0.25, 0.3) is 5.91 Å². The summed E-state index contributed by atoms with van der Waals surface area (Å²) >= 11 is 0. The van der Waals surface area contributed by atoms with Crippen LogP contribution in [0.1, 0.15) is 32.8 Å². The molecule has 1 atom stereocenters. The van der Waals surface area contributed by atoms with Crippen molar-refractivity contribution in [3.05, 3.63) is 41.6 Å². The van der Waals surface area contributed by atoms with E-state index < -0.39 is 29.7 Å². The first-order chi connectivity index (χ1) is 13.3. The minimum absolute atomic E-state index is 0.0376. The van der Waals surface area contributed by atoms with Crippen LogP contribution in [-0.4, -0.2) is 53.8 Å². The SMILES string of the molecule is CC(=O)N/C(=C/c1ccccc1)C(=O)N1CCNC(=O)C1CC(=O)OC(C)C. The normalized spacial score (nSPS) is 17.1. The predicted molar refractivity (Wildman–Crippen MR) is 103 cm³/mol. The van der Waals surface area contributed by atoms with E-state index >= 15 is 0 Å². The first-order valence-electron chi connectivity index (χ1n) is 9.10. The van der Waals surface area contributed by atoms with Gasteiger partial charge in [-0.2, -0.15) is 0 Å². The Kier molecular flexibility index (Phi) is 7.31. The zero-order chi connectivity index (χ0) is 20.7. The van der Waals surface area contributed by atoms with E-state index in [-0.39, 0.29) is 31.3 Å². The van der Waals surface area contributed by atoms with Crippen LogP contribution < -0.4 is 10.6 Å². The van der Waals surface area contributed by atoms with Crippen LogP contribution in [0.25, 0.3) is 6.08 Å². The summed E-state index contributed by atoms with van der Waals surface area (Å²) in [6.45, 7) is 5.19. The number of esters is 1. The Morgan fingerprint density at radius 1 is 1.29 bits per heavy atom. The fourth-order valence-electron chi connectivity index (χ4n) is 2.84. The van der Waals surface area contributed by atoms with Crippen LogP contribution >= 0.6 is 0 Å². The summed E-state index contributed by atoms with van der Waals surface area (Å²) in [6.07, 6.45) is 0.963. The molecule has 0 aromatic heterocycles. The van der Waals surface area contributed by atoms with Crippen molar-refractivity contribution in [3.63, 3.8) is 0 Å². The number of carbonyl (C=O) groups excluding carboxylic acids is 4. The van der Waals surface area contributed by atoms with E-state index in [1.54, 1.807) is 44.2 Å². The molecule has 0 bridgehead atoms. The topological polar surface area (TPSA) is 105 Å². The number of carbonyl (C=O) groups is 4. The highest BCUT2D eigenvalue weighted by atomic mass is 16.5. The second kappa shape index (κ2) is 9.68. The maximum Gasteiger partial charge on any atom is 0.308 e. The first-order valence-corrected chi connectivity index (χ1v) is 9.10. The Morgan fingerprint density at radius 2 is 1.96 bits per heavy atom. The second-order valence-corrected chi connectivity index (χ2v) is 6.70. The van der Waals surface area contributed by atoms with Crippen LogP contribution in [0, 0.1) is 0 Å². The van der Waals surface area contributed by atoms with Crippen LogP contribution in [0.3, 0.4) is 0 Å². The molecule has 1 aliphatic rings. The molecule has 0 saturated carbocycles. The number of ether oxygens (including phenoxy) is 1. The third-order valence-corrected chi connectivity index (χ3v) is 3.97. The third-order valence-electron chi connectivity index (χ3n) is 3.97. The average molecular weight is 387 g/mol. The molecule has 28 heavy (non-hydrogen) atoms. The van der Waals surface area contributed by atoms with E-state index in [2.05, 4.69) is 10.6 Å². The van der Waals surface area contributed by atoms with Crippen molar-refractivity contribution in [3.8, 4) is 0 Å². The van der Waals surface area contributed by atoms with E-state index in [0.717, 1.165) is 5.56 Å². The highest BCUT2D eigenvalue weighted by Crippen LogP contribution is 2.15. The summed E-state index contributed by atoms with van der Waals surface area (Å²) < 4.78 is 5.11. The lowest BCUT2D eigenvalue weighted by Crippen LogP contribution is -2.59. The number of rotatable bonds is 6. The molecule has 1 heterocycles. The molecule has 3 amide bonds. The maximum absolute atomic E-state index is 13.1. The summed E-state index contributed by atoms with van der Waals surface area (Å²) in [5.41, 5.74) is 0.757. The van der Waals surface area contributed by atoms with E-state index in [9.17, 15) is 19.2 Å². The fourth-order valence-corrected chi connectivity index (χ4v) is 2.84. The van der Waals surface area contributed by atoms with E-state index in [1.165, 1.54) is 11.8 Å². The van der Waals surface area contributed by atoms with Crippen molar-refractivity contribution in [1.82, 2.24) is 15.5 Å².